The van der Waals surface area contributed by atoms with Crippen LogP contribution in [-0.4, -0.2) is 64.7 Å². The van der Waals surface area contributed by atoms with Gasteiger partial charge in [-0.1, -0.05) is 67.7 Å². The predicted octanol–water partition coefficient (Wildman–Crippen LogP) is 5.92. The van der Waals surface area contributed by atoms with Crippen LogP contribution in [0.25, 0.3) is 0 Å². The number of unbranched alkanes of at least 4 members (excludes halogenated alkanes) is 1. The van der Waals surface area contributed by atoms with E-state index in [0.29, 0.717) is 23.5 Å². The number of aliphatic hydroxyl groups excluding tert-OH is 1. The first-order chi connectivity index (χ1) is 19.3. The summed E-state index contributed by atoms with van der Waals surface area (Å²) in [5, 5.41) is 9.21. The molecular formula is C32H48O8. The van der Waals surface area contributed by atoms with Crippen LogP contribution in [0.5, 0.6) is 0 Å². The van der Waals surface area contributed by atoms with Gasteiger partial charge in [-0.05, 0) is 63.0 Å². The average Bonchev–Trinajstić information content (AvgIpc) is 2.94. The molecule has 0 heterocycles. The molecule has 0 unspecified atom stereocenters. The van der Waals surface area contributed by atoms with E-state index in [4.69, 9.17) is 23.7 Å². The highest BCUT2D eigenvalue weighted by Crippen LogP contribution is 2.13. The van der Waals surface area contributed by atoms with Crippen molar-refractivity contribution in [3.05, 3.63) is 83.6 Å². The Hall–Kier alpha value is -3.04. The molecule has 0 bridgehead atoms. The normalized spacial score (nSPS) is 15.0. The number of allylic oxidation sites excluding steroid dienone is 9. The van der Waals surface area contributed by atoms with Gasteiger partial charge in [0.15, 0.2) is 13.6 Å². The Kier molecular flexibility index (Phi) is 23.1. The maximum Gasteiger partial charge on any atom is 0.335 e. The van der Waals surface area contributed by atoms with E-state index in [0.717, 1.165) is 31.3 Å². The summed E-state index contributed by atoms with van der Waals surface area (Å²) >= 11 is 0. The fourth-order valence-corrected chi connectivity index (χ4v) is 3.21. The molecule has 0 aliphatic heterocycles. The third-order valence-electron chi connectivity index (χ3n) is 5.59. The Balaban J connectivity index is 4.48. The number of esters is 2. The molecule has 224 valence electrons. The van der Waals surface area contributed by atoms with Crippen molar-refractivity contribution in [3.8, 4) is 0 Å². The van der Waals surface area contributed by atoms with Gasteiger partial charge in [-0.25, -0.2) is 9.59 Å². The van der Waals surface area contributed by atoms with Gasteiger partial charge >= 0.3 is 11.9 Å². The highest BCUT2D eigenvalue weighted by molar-refractivity contribution is 5.88. The van der Waals surface area contributed by atoms with Gasteiger partial charge in [-0.2, -0.15) is 0 Å². The topological polar surface area (TPSA) is 101 Å². The molecule has 0 aliphatic rings. The van der Waals surface area contributed by atoms with Crippen LogP contribution in [0.2, 0.25) is 0 Å². The number of methoxy groups -OCH3 is 3. The molecule has 0 spiro atoms. The summed E-state index contributed by atoms with van der Waals surface area (Å²) in [5.41, 5.74) is 2.22. The van der Waals surface area contributed by atoms with Gasteiger partial charge in [0, 0.05) is 39.6 Å². The van der Waals surface area contributed by atoms with E-state index in [1.807, 2.05) is 37.3 Å². The number of ether oxygens (including phenoxy) is 5. The number of rotatable bonds is 21. The Labute approximate surface area is 240 Å². The Bertz CT molecular complexity index is 921. The zero-order valence-electron chi connectivity index (χ0n) is 25.0. The minimum atomic E-state index is -0.488. The number of carbonyl (C=O) groups excluding carboxylic acids is 2. The number of aliphatic hydroxyl groups is 1. The quantitative estimate of drug-likeness (QED) is 0.0461. The second kappa shape index (κ2) is 25.0. The van der Waals surface area contributed by atoms with Crippen molar-refractivity contribution >= 4 is 11.9 Å². The van der Waals surface area contributed by atoms with E-state index in [-0.39, 0.29) is 26.3 Å². The van der Waals surface area contributed by atoms with Crippen LogP contribution in [0, 0.1) is 5.92 Å². The first-order valence-electron chi connectivity index (χ1n) is 13.4. The van der Waals surface area contributed by atoms with Crippen LogP contribution in [0.4, 0.5) is 0 Å². The fraction of sp³-hybridized carbons (Fsp3) is 0.500. The monoisotopic (exact) mass is 560 g/mol. The maximum absolute atomic E-state index is 11.8. The number of hydrogen-bond donors (Lipinski definition) is 1. The van der Waals surface area contributed by atoms with Crippen molar-refractivity contribution in [2.24, 2.45) is 5.92 Å². The van der Waals surface area contributed by atoms with E-state index >= 15 is 0 Å². The molecule has 40 heavy (non-hydrogen) atoms. The minimum Gasteiger partial charge on any atom is -0.435 e. The summed E-state index contributed by atoms with van der Waals surface area (Å²) in [7, 11) is 4.59. The fourth-order valence-electron chi connectivity index (χ4n) is 3.21. The summed E-state index contributed by atoms with van der Waals surface area (Å²) in [6.45, 7) is 5.56. The molecule has 1 N–H and O–H groups in total. The standard InChI is InChI=1S/C32H48O8/c1-26(17-20-29(21-22-33)23-31(34)39-24-36-4)15-13-11-9-7-8-10-12-14-16-30(38-6)27(2)18-19-28(3)32(35)40-25-37-5/h8,10-14,17-20,23,26,30,33H,7,9,15-16,21-22,24-25H2,1-6H3/b10-8+,13-11+,14-12+,20-17+,27-18+,28-19+,29-23-/t26-,30+/m0/s1. The summed E-state index contributed by atoms with van der Waals surface area (Å²) in [6, 6.07) is 0. The van der Waals surface area contributed by atoms with Gasteiger partial charge < -0.3 is 28.8 Å². The van der Waals surface area contributed by atoms with E-state index in [9.17, 15) is 14.7 Å². The van der Waals surface area contributed by atoms with Crippen molar-refractivity contribution in [2.45, 2.75) is 59.0 Å². The predicted molar refractivity (Wildman–Crippen MR) is 158 cm³/mol. The molecule has 0 fully saturated rings. The molecule has 0 saturated heterocycles. The van der Waals surface area contributed by atoms with Crippen LogP contribution in [-0.2, 0) is 33.3 Å². The highest BCUT2D eigenvalue weighted by Gasteiger charge is 2.08. The Morgan fingerprint density at radius 3 is 2.20 bits per heavy atom. The average molecular weight is 561 g/mol. The van der Waals surface area contributed by atoms with Crippen LogP contribution < -0.4 is 0 Å². The van der Waals surface area contributed by atoms with Crippen LogP contribution in [0.3, 0.4) is 0 Å². The van der Waals surface area contributed by atoms with Crippen molar-refractivity contribution in [2.75, 3.05) is 41.5 Å². The highest BCUT2D eigenvalue weighted by atomic mass is 16.7. The van der Waals surface area contributed by atoms with E-state index in [1.54, 1.807) is 20.1 Å². The SMILES string of the molecule is COCOC(=O)/C=C(/C=C/[C@@H](C)C/C=C/CC/C=C/C=C/C[C@@H](OC)/C(C)=C/C=C(\C)C(=O)OCOC)CCO. The summed E-state index contributed by atoms with van der Waals surface area (Å²) in [5.74, 6) is -0.606. The van der Waals surface area contributed by atoms with Crippen molar-refractivity contribution in [1.82, 2.24) is 0 Å². The van der Waals surface area contributed by atoms with Gasteiger partial charge in [0.25, 0.3) is 0 Å². The van der Waals surface area contributed by atoms with Crippen LogP contribution in [0.15, 0.2) is 83.6 Å². The molecule has 0 aliphatic carbocycles. The minimum absolute atomic E-state index is 0.0406. The lowest BCUT2D eigenvalue weighted by atomic mass is 10.0. The lowest BCUT2D eigenvalue weighted by Crippen LogP contribution is -2.11. The van der Waals surface area contributed by atoms with Gasteiger partial charge in [0.1, 0.15) is 0 Å². The Morgan fingerprint density at radius 2 is 1.52 bits per heavy atom. The number of carbonyl (C=O) groups is 2. The summed E-state index contributed by atoms with van der Waals surface area (Å²) < 4.78 is 24.8. The molecule has 8 heteroatoms. The molecule has 8 nitrogen and oxygen atoms in total. The summed E-state index contributed by atoms with van der Waals surface area (Å²) in [4.78, 5) is 23.5. The number of hydrogen-bond acceptors (Lipinski definition) is 8. The first-order valence-corrected chi connectivity index (χ1v) is 13.4. The summed E-state index contributed by atoms with van der Waals surface area (Å²) in [6.07, 6.45) is 25.2. The third-order valence-corrected chi connectivity index (χ3v) is 5.59. The lowest BCUT2D eigenvalue weighted by molar-refractivity contribution is -0.149. The molecule has 0 rings (SSSR count). The van der Waals surface area contributed by atoms with E-state index in [2.05, 4.69) is 31.2 Å². The molecule has 0 saturated carbocycles. The van der Waals surface area contributed by atoms with Crippen LogP contribution >= 0.6 is 0 Å². The van der Waals surface area contributed by atoms with Gasteiger partial charge in [-0.3, -0.25) is 0 Å². The van der Waals surface area contributed by atoms with Crippen molar-refractivity contribution in [3.63, 3.8) is 0 Å². The van der Waals surface area contributed by atoms with Crippen molar-refractivity contribution < 1.29 is 38.4 Å². The zero-order chi connectivity index (χ0) is 30.0. The van der Waals surface area contributed by atoms with Crippen LogP contribution in [0.1, 0.15) is 52.9 Å². The molecule has 0 aromatic carbocycles. The molecule has 0 amide bonds. The van der Waals surface area contributed by atoms with Crippen molar-refractivity contribution in [1.29, 1.82) is 0 Å². The third kappa shape index (κ3) is 19.9. The van der Waals surface area contributed by atoms with E-state index in [1.165, 1.54) is 20.3 Å². The smallest absolute Gasteiger partial charge is 0.335 e. The zero-order valence-corrected chi connectivity index (χ0v) is 25.0. The van der Waals surface area contributed by atoms with Gasteiger partial charge in [-0.15, -0.1) is 0 Å². The molecular weight excluding hydrogens is 512 g/mol. The second-order valence-corrected chi connectivity index (χ2v) is 9.10. The largest absolute Gasteiger partial charge is 0.435 e. The molecule has 2 atom stereocenters. The van der Waals surface area contributed by atoms with Gasteiger partial charge in [0.05, 0.1) is 6.10 Å². The van der Waals surface area contributed by atoms with Gasteiger partial charge in [0.2, 0.25) is 0 Å². The molecule has 0 aromatic heterocycles. The maximum atomic E-state index is 11.8. The van der Waals surface area contributed by atoms with E-state index < -0.39 is 11.9 Å². The Morgan fingerprint density at radius 1 is 0.850 bits per heavy atom. The lowest BCUT2D eigenvalue weighted by Gasteiger charge is -2.13. The first kappa shape index (κ1) is 37.0. The molecule has 0 aromatic rings. The second-order valence-electron chi connectivity index (χ2n) is 9.10. The molecule has 0 radical (unpaired) electrons.